The fraction of sp³-hybridized carbons (Fsp3) is 0.562. The largest absolute Gasteiger partial charge is 0.372 e. The van der Waals surface area contributed by atoms with Crippen molar-refractivity contribution >= 4 is 15.9 Å². The Bertz CT molecular complexity index is 404. The summed E-state index contributed by atoms with van der Waals surface area (Å²) in [6.07, 6.45) is 12.4. The van der Waals surface area contributed by atoms with Gasteiger partial charge in [-0.3, -0.25) is 0 Å². The van der Waals surface area contributed by atoms with E-state index in [1.165, 1.54) is 5.57 Å². The Kier molecular flexibility index (Phi) is 5.65. The summed E-state index contributed by atoms with van der Waals surface area (Å²) in [6.45, 7) is 4.16. The number of hydrogen-bond donors (Lipinski definition) is 0. The van der Waals surface area contributed by atoms with E-state index in [0.29, 0.717) is 6.10 Å². The van der Waals surface area contributed by atoms with Crippen LogP contribution in [0, 0.1) is 0 Å². The molecule has 0 amide bonds. The second-order valence-electron chi connectivity index (χ2n) is 5.09. The second-order valence-corrected chi connectivity index (χ2v) is 5.55. The van der Waals surface area contributed by atoms with Gasteiger partial charge in [0.2, 0.25) is 0 Å². The third-order valence-corrected chi connectivity index (χ3v) is 3.94. The Morgan fingerprint density at radius 3 is 2.79 bits per heavy atom. The predicted octanol–water partition coefficient (Wildman–Crippen LogP) is 4.28. The fourth-order valence-electron chi connectivity index (χ4n) is 2.57. The SMILES string of the molecule is C/C=C(C)\C=C\C[C@@H]1C[C@H]2O[C@H](C=C=CBr)C[C@H]2O1. The minimum atomic E-state index is 0.158. The van der Waals surface area contributed by atoms with Gasteiger partial charge < -0.3 is 9.47 Å². The van der Waals surface area contributed by atoms with E-state index in [4.69, 9.17) is 9.47 Å². The van der Waals surface area contributed by atoms with Crippen molar-refractivity contribution in [2.45, 2.75) is 57.5 Å². The number of hydrogen-bond acceptors (Lipinski definition) is 2. The summed E-state index contributed by atoms with van der Waals surface area (Å²) in [7, 11) is 0. The molecular weight excluding hydrogens is 304 g/mol. The van der Waals surface area contributed by atoms with Crippen molar-refractivity contribution in [3.05, 3.63) is 40.6 Å². The molecule has 0 aromatic rings. The molecule has 0 unspecified atom stereocenters. The van der Waals surface area contributed by atoms with Gasteiger partial charge >= 0.3 is 0 Å². The van der Waals surface area contributed by atoms with E-state index in [0.717, 1.165) is 19.3 Å². The molecule has 0 aromatic carbocycles. The topological polar surface area (TPSA) is 18.5 Å². The summed E-state index contributed by atoms with van der Waals surface area (Å²) in [5, 5.41) is 0. The maximum Gasteiger partial charge on any atom is 0.0871 e. The van der Waals surface area contributed by atoms with E-state index in [9.17, 15) is 0 Å². The van der Waals surface area contributed by atoms with Gasteiger partial charge in [0.1, 0.15) is 0 Å². The summed E-state index contributed by atoms with van der Waals surface area (Å²) < 4.78 is 12.0. The zero-order chi connectivity index (χ0) is 13.7. The van der Waals surface area contributed by atoms with Crippen molar-refractivity contribution in [2.75, 3.05) is 0 Å². The lowest BCUT2D eigenvalue weighted by Crippen LogP contribution is -2.13. The number of fused-ring (bicyclic) bond motifs is 1. The quantitative estimate of drug-likeness (QED) is 0.567. The van der Waals surface area contributed by atoms with Crippen molar-refractivity contribution in [2.24, 2.45) is 0 Å². The molecule has 3 heteroatoms. The summed E-state index contributed by atoms with van der Waals surface area (Å²) in [6, 6.07) is 0. The average Bonchev–Trinajstić information content (AvgIpc) is 2.93. The van der Waals surface area contributed by atoms with Crippen LogP contribution in [0.15, 0.2) is 40.6 Å². The molecule has 0 radical (unpaired) electrons. The van der Waals surface area contributed by atoms with Gasteiger partial charge in [0.15, 0.2) is 0 Å². The highest BCUT2D eigenvalue weighted by molar-refractivity contribution is 9.11. The third kappa shape index (κ3) is 4.19. The second kappa shape index (κ2) is 7.25. The fourth-order valence-corrected chi connectivity index (χ4v) is 2.72. The lowest BCUT2D eigenvalue weighted by atomic mass is 10.1. The Morgan fingerprint density at radius 1 is 1.32 bits per heavy atom. The van der Waals surface area contributed by atoms with Gasteiger partial charge in [0.25, 0.3) is 0 Å². The monoisotopic (exact) mass is 324 g/mol. The molecular formula is C16H21BrO2. The van der Waals surface area contributed by atoms with Crippen LogP contribution < -0.4 is 0 Å². The lowest BCUT2D eigenvalue weighted by Gasteiger charge is -2.11. The van der Waals surface area contributed by atoms with Crippen molar-refractivity contribution in [1.29, 1.82) is 0 Å². The first-order chi connectivity index (χ1) is 9.22. The molecule has 19 heavy (non-hydrogen) atoms. The molecule has 2 saturated heterocycles. The van der Waals surface area contributed by atoms with Crippen LogP contribution in [0.1, 0.15) is 33.1 Å². The summed E-state index contributed by atoms with van der Waals surface area (Å²) in [5.41, 5.74) is 4.31. The van der Waals surface area contributed by atoms with Gasteiger partial charge in [-0.05, 0) is 26.3 Å². The maximum atomic E-state index is 6.05. The van der Waals surface area contributed by atoms with Gasteiger partial charge in [-0.2, -0.15) is 0 Å². The summed E-state index contributed by atoms with van der Waals surface area (Å²) in [5.74, 6) is 0. The van der Waals surface area contributed by atoms with Crippen molar-refractivity contribution in [1.82, 2.24) is 0 Å². The van der Waals surface area contributed by atoms with E-state index in [1.54, 1.807) is 4.99 Å². The zero-order valence-electron chi connectivity index (χ0n) is 11.5. The molecule has 4 atom stereocenters. The van der Waals surface area contributed by atoms with Crippen LogP contribution in [-0.2, 0) is 9.47 Å². The maximum absolute atomic E-state index is 6.05. The number of halogens is 1. The van der Waals surface area contributed by atoms with E-state index < -0.39 is 0 Å². The summed E-state index contributed by atoms with van der Waals surface area (Å²) >= 11 is 3.21. The van der Waals surface area contributed by atoms with E-state index >= 15 is 0 Å². The molecule has 0 spiro atoms. The van der Waals surface area contributed by atoms with E-state index in [2.05, 4.69) is 53.7 Å². The first-order valence-electron chi connectivity index (χ1n) is 6.84. The van der Waals surface area contributed by atoms with Gasteiger partial charge in [-0.1, -0.05) is 39.7 Å². The highest BCUT2D eigenvalue weighted by Gasteiger charge is 2.42. The first kappa shape index (κ1) is 14.8. The average molecular weight is 325 g/mol. The number of allylic oxidation sites excluding steroid dienone is 3. The standard InChI is InChI=1S/C16H21BrO2/c1-3-12(2)6-4-7-13-10-15-16(18-13)11-14(19-15)8-5-9-17/h3-4,6,8-9,13-16H,7,10-11H2,1-2H3/b6-4+,12-3-/t5?,13-,14-,15-,16-/m1/s1. The molecule has 2 aliphatic rings. The Balaban J connectivity index is 1.78. The smallest absolute Gasteiger partial charge is 0.0871 e. The normalized spacial score (nSPS) is 34.4. The molecule has 0 bridgehead atoms. The first-order valence-corrected chi connectivity index (χ1v) is 7.76. The van der Waals surface area contributed by atoms with Crippen LogP contribution >= 0.6 is 15.9 Å². The van der Waals surface area contributed by atoms with Crippen LogP contribution in [0.2, 0.25) is 0 Å². The lowest BCUT2D eigenvalue weighted by molar-refractivity contribution is 0.0388. The van der Waals surface area contributed by atoms with Crippen LogP contribution in [0.5, 0.6) is 0 Å². The third-order valence-electron chi connectivity index (χ3n) is 3.67. The predicted molar refractivity (Wildman–Crippen MR) is 81.3 cm³/mol. The van der Waals surface area contributed by atoms with E-state index in [-0.39, 0.29) is 18.3 Å². The van der Waals surface area contributed by atoms with Gasteiger partial charge in [-0.15, -0.1) is 5.73 Å². The minimum Gasteiger partial charge on any atom is -0.372 e. The minimum absolute atomic E-state index is 0.158. The summed E-state index contributed by atoms with van der Waals surface area (Å²) in [4.78, 5) is 1.72. The van der Waals surface area contributed by atoms with E-state index in [1.807, 2.05) is 6.08 Å². The van der Waals surface area contributed by atoms with Gasteiger partial charge in [0, 0.05) is 17.8 Å². The molecule has 2 heterocycles. The van der Waals surface area contributed by atoms with Gasteiger partial charge in [0.05, 0.1) is 24.4 Å². The highest BCUT2D eigenvalue weighted by atomic mass is 79.9. The van der Waals surface area contributed by atoms with Crippen molar-refractivity contribution in [3.63, 3.8) is 0 Å². The Morgan fingerprint density at radius 2 is 2.11 bits per heavy atom. The molecule has 0 N–H and O–H groups in total. The van der Waals surface area contributed by atoms with Crippen LogP contribution in [0.4, 0.5) is 0 Å². The molecule has 0 aliphatic carbocycles. The Labute approximate surface area is 124 Å². The van der Waals surface area contributed by atoms with Crippen molar-refractivity contribution in [3.8, 4) is 0 Å². The molecule has 104 valence electrons. The Hall–Kier alpha value is -0.600. The molecule has 0 saturated carbocycles. The molecule has 2 rings (SSSR count). The van der Waals surface area contributed by atoms with Crippen LogP contribution in [0.3, 0.4) is 0 Å². The highest BCUT2D eigenvalue weighted by Crippen LogP contribution is 2.35. The van der Waals surface area contributed by atoms with Crippen molar-refractivity contribution < 1.29 is 9.47 Å². The number of ether oxygens (including phenoxy) is 2. The number of rotatable bonds is 4. The molecule has 2 fully saturated rings. The van der Waals surface area contributed by atoms with Crippen LogP contribution in [0.25, 0.3) is 0 Å². The van der Waals surface area contributed by atoms with Crippen LogP contribution in [-0.4, -0.2) is 24.4 Å². The zero-order valence-corrected chi connectivity index (χ0v) is 13.1. The molecule has 2 aliphatic heterocycles. The molecule has 2 nitrogen and oxygen atoms in total. The molecule has 0 aromatic heterocycles. The van der Waals surface area contributed by atoms with Gasteiger partial charge in [-0.25, -0.2) is 0 Å².